The summed E-state index contributed by atoms with van der Waals surface area (Å²) >= 11 is 0. The molecule has 4 aromatic rings. The predicted molar refractivity (Wildman–Crippen MR) is 151 cm³/mol. The van der Waals surface area contributed by atoms with Crippen molar-refractivity contribution < 1.29 is 14.2 Å². The first-order valence-electron chi connectivity index (χ1n) is 16.6. The lowest BCUT2D eigenvalue weighted by Crippen LogP contribution is -2.31. The molecule has 2 aliphatic rings. The van der Waals surface area contributed by atoms with Gasteiger partial charge in [-0.1, -0.05) is 81.6 Å². The van der Waals surface area contributed by atoms with Gasteiger partial charge < -0.3 is 0 Å². The number of rotatable bonds is 3. The molecule has 1 heteroatoms. The summed E-state index contributed by atoms with van der Waals surface area (Å²) in [5, 5.41) is 0. The van der Waals surface area contributed by atoms with Crippen LogP contribution < -0.4 is 4.57 Å². The van der Waals surface area contributed by atoms with Gasteiger partial charge in [0.25, 0.3) is 0 Å². The maximum Gasteiger partial charge on any atom is 0.213 e. The summed E-state index contributed by atoms with van der Waals surface area (Å²) in [4.78, 5) is 0. The first-order chi connectivity index (χ1) is 20.1. The molecule has 3 aromatic carbocycles. The minimum absolute atomic E-state index is 0.217. The van der Waals surface area contributed by atoms with E-state index in [1.165, 1.54) is 0 Å². The van der Waals surface area contributed by atoms with Crippen LogP contribution in [0.2, 0.25) is 0 Å². The molecule has 0 bridgehead atoms. The van der Waals surface area contributed by atoms with Crippen LogP contribution in [0.1, 0.15) is 89.2 Å². The number of hydrogen-bond acceptors (Lipinski definition) is 0. The van der Waals surface area contributed by atoms with Crippen LogP contribution >= 0.6 is 0 Å². The molecule has 0 saturated heterocycles. The van der Waals surface area contributed by atoms with E-state index in [4.69, 9.17) is 8.22 Å². The first-order valence-corrected chi connectivity index (χ1v) is 13.1. The molecule has 2 aliphatic carbocycles. The lowest BCUT2D eigenvalue weighted by atomic mass is 9.78. The average molecular weight is 480 g/mol. The third kappa shape index (κ3) is 3.72. The van der Waals surface area contributed by atoms with Crippen molar-refractivity contribution in [3.63, 3.8) is 0 Å². The Morgan fingerprint density at radius 1 is 0.833 bits per heavy atom. The lowest BCUT2D eigenvalue weighted by molar-refractivity contribution is -0.660. The molecule has 1 saturated carbocycles. The summed E-state index contributed by atoms with van der Waals surface area (Å²) < 4.78 is 62.5. The molecule has 1 atom stereocenters. The Hall–Kier alpha value is -3.19. The molecule has 0 radical (unpaired) electrons. The van der Waals surface area contributed by atoms with E-state index in [0.717, 1.165) is 71.2 Å². The molecule has 1 unspecified atom stereocenters. The normalized spacial score (nSPS) is 23.7. The van der Waals surface area contributed by atoms with Gasteiger partial charge in [0.05, 0.1) is 0 Å². The molecule has 0 amide bonds. The molecule has 1 fully saturated rings. The van der Waals surface area contributed by atoms with Crippen molar-refractivity contribution in [2.24, 2.45) is 7.05 Å². The maximum atomic E-state index is 9.23. The Balaban J connectivity index is 1.56. The number of pyridine rings is 1. The van der Waals surface area contributed by atoms with E-state index < -0.39 is 25.0 Å². The van der Waals surface area contributed by atoms with Gasteiger partial charge in [0, 0.05) is 32.2 Å². The highest BCUT2D eigenvalue weighted by atomic mass is 14.9. The number of aryl methyl sites for hydroxylation is 3. The van der Waals surface area contributed by atoms with Crippen molar-refractivity contribution >= 4 is 0 Å². The molecular formula is C35H38N+. The highest BCUT2D eigenvalue weighted by Crippen LogP contribution is 2.51. The van der Waals surface area contributed by atoms with Crippen LogP contribution in [-0.2, 0) is 12.5 Å². The van der Waals surface area contributed by atoms with E-state index in [-0.39, 0.29) is 5.56 Å². The second kappa shape index (κ2) is 8.73. The van der Waals surface area contributed by atoms with Crippen molar-refractivity contribution in [2.75, 3.05) is 0 Å². The molecule has 0 aliphatic heterocycles. The van der Waals surface area contributed by atoms with Crippen molar-refractivity contribution in [3.8, 4) is 33.5 Å². The molecule has 1 nitrogen and oxygen atoms in total. The molecule has 36 heavy (non-hydrogen) atoms. The van der Waals surface area contributed by atoms with Crippen LogP contribution in [0.5, 0.6) is 0 Å². The fourth-order valence-electron chi connectivity index (χ4n) is 6.20. The van der Waals surface area contributed by atoms with Crippen LogP contribution in [0.4, 0.5) is 0 Å². The molecule has 1 heterocycles. The summed E-state index contributed by atoms with van der Waals surface area (Å²) in [6.07, 6.45) is 6.38. The highest BCUT2D eigenvalue weighted by molar-refractivity contribution is 5.84. The van der Waals surface area contributed by atoms with Gasteiger partial charge in [0.2, 0.25) is 5.69 Å². The van der Waals surface area contributed by atoms with Crippen molar-refractivity contribution in [1.82, 2.24) is 0 Å². The number of fused-ring (bicyclic) bond motifs is 3. The summed E-state index contributed by atoms with van der Waals surface area (Å²) in [5.41, 5.74) is 7.11. The zero-order valence-electron chi connectivity index (χ0n) is 28.4. The van der Waals surface area contributed by atoms with Crippen LogP contribution in [0.25, 0.3) is 33.5 Å². The molecule has 0 N–H and O–H groups in total. The summed E-state index contributed by atoms with van der Waals surface area (Å²) in [6, 6.07) is 21.7. The van der Waals surface area contributed by atoms with Gasteiger partial charge in [-0.2, -0.15) is 0 Å². The molecule has 0 spiro atoms. The van der Waals surface area contributed by atoms with E-state index in [2.05, 4.69) is 0 Å². The van der Waals surface area contributed by atoms with Gasteiger partial charge in [0.1, 0.15) is 7.05 Å². The monoisotopic (exact) mass is 479 g/mol. The van der Waals surface area contributed by atoms with Crippen molar-refractivity contribution in [2.45, 2.75) is 71.0 Å². The van der Waals surface area contributed by atoms with E-state index in [1.807, 2.05) is 85.3 Å². The molecule has 1 aromatic heterocycles. The summed E-state index contributed by atoms with van der Waals surface area (Å²) in [7, 11) is 1.86. The van der Waals surface area contributed by atoms with Gasteiger partial charge in [-0.25, -0.2) is 4.57 Å². The fraction of sp³-hybridized carbons (Fsp3) is 0.343. The minimum Gasteiger partial charge on any atom is -0.201 e. The largest absolute Gasteiger partial charge is 0.213 e. The SMILES string of the molecule is [2H]C([2H])([2H])c1c[n+](C)c(-c2ccccc2C)cc1-c1ccc2c(c1)C(C)(C([2H])([2H])[2H])c1cc(C3([2H])CCCCC3)ccc1-2. The van der Waals surface area contributed by atoms with Gasteiger partial charge >= 0.3 is 0 Å². The van der Waals surface area contributed by atoms with E-state index in [1.54, 1.807) is 13.1 Å². The van der Waals surface area contributed by atoms with Crippen LogP contribution in [0.15, 0.2) is 72.9 Å². The van der Waals surface area contributed by atoms with Crippen LogP contribution in [0.3, 0.4) is 0 Å². The Labute approximate surface area is 226 Å². The van der Waals surface area contributed by atoms with Crippen LogP contribution in [-0.4, -0.2) is 0 Å². The number of benzene rings is 3. The summed E-state index contributed by atoms with van der Waals surface area (Å²) in [5.74, 6) is -0.705. The molecular weight excluding hydrogens is 434 g/mol. The van der Waals surface area contributed by atoms with Crippen molar-refractivity contribution in [1.29, 1.82) is 0 Å². The Morgan fingerprint density at radius 2 is 1.58 bits per heavy atom. The highest BCUT2D eigenvalue weighted by Gasteiger charge is 2.36. The van der Waals surface area contributed by atoms with Gasteiger partial charge in [-0.3, -0.25) is 0 Å². The third-order valence-electron chi connectivity index (χ3n) is 8.28. The predicted octanol–water partition coefficient (Wildman–Crippen LogP) is 8.82. The quantitative estimate of drug-likeness (QED) is 0.258. The van der Waals surface area contributed by atoms with Gasteiger partial charge in [0.15, 0.2) is 6.20 Å². The van der Waals surface area contributed by atoms with Crippen LogP contribution in [0, 0.1) is 13.8 Å². The Bertz CT molecular complexity index is 1730. The standard InChI is InChI=1S/C35H38N/c1-23-11-9-10-14-28(23)34-21-31(24(2)22-36(34)5)27-16-18-30-29-17-15-26(25-12-7-6-8-13-25)19-32(29)35(3,4)33(30)20-27/h9-11,14-22,25H,6-8,12-13H2,1-5H3/q+1/i2D3,3D3,25D. The third-order valence-corrected chi connectivity index (χ3v) is 8.28. The zero-order chi connectivity index (χ0) is 30.9. The van der Waals surface area contributed by atoms with Crippen molar-refractivity contribution in [3.05, 3.63) is 101 Å². The van der Waals surface area contributed by atoms with Gasteiger partial charge in [-0.05, 0) is 89.2 Å². The fourth-order valence-corrected chi connectivity index (χ4v) is 6.20. The molecule has 182 valence electrons. The second-order valence-corrected chi connectivity index (χ2v) is 10.7. The Kier molecular flexibility index (Phi) is 4.01. The lowest BCUT2D eigenvalue weighted by Gasteiger charge is -2.26. The first kappa shape index (κ1) is 16.5. The maximum absolute atomic E-state index is 9.23. The topological polar surface area (TPSA) is 3.88 Å². The number of aromatic nitrogens is 1. The number of nitrogens with zero attached hydrogens (tertiary/aromatic N) is 1. The summed E-state index contributed by atoms with van der Waals surface area (Å²) in [6.45, 7) is -0.925. The molecule has 6 rings (SSSR count). The smallest absolute Gasteiger partial charge is 0.201 e. The van der Waals surface area contributed by atoms with Gasteiger partial charge in [-0.15, -0.1) is 0 Å². The number of hydrogen-bond donors (Lipinski definition) is 0. The van der Waals surface area contributed by atoms with E-state index in [9.17, 15) is 1.37 Å². The van der Waals surface area contributed by atoms with E-state index >= 15 is 0 Å². The Morgan fingerprint density at radius 3 is 2.33 bits per heavy atom. The minimum atomic E-state index is -2.37. The second-order valence-electron chi connectivity index (χ2n) is 10.7. The average Bonchev–Trinajstić information content (AvgIpc) is 3.21. The zero-order valence-corrected chi connectivity index (χ0v) is 21.4. The van der Waals surface area contributed by atoms with E-state index in [0.29, 0.717) is 16.7 Å².